The second-order valence-corrected chi connectivity index (χ2v) is 8.08. The van der Waals surface area contributed by atoms with Crippen molar-refractivity contribution >= 4 is 15.7 Å². The normalized spacial score (nSPS) is 17.7. The van der Waals surface area contributed by atoms with Crippen LogP contribution in [-0.4, -0.2) is 47.4 Å². The summed E-state index contributed by atoms with van der Waals surface area (Å²) >= 11 is 0. The molecule has 1 aromatic carbocycles. The van der Waals surface area contributed by atoms with Gasteiger partial charge in [0, 0.05) is 19.9 Å². The number of carbonyl (C=O) groups is 1. The van der Waals surface area contributed by atoms with E-state index >= 15 is 0 Å². The van der Waals surface area contributed by atoms with Crippen molar-refractivity contribution in [2.24, 2.45) is 5.41 Å². The van der Waals surface area contributed by atoms with Crippen molar-refractivity contribution in [1.29, 1.82) is 0 Å². The fraction of sp³-hybridized carbons (Fsp3) is 0.562. The topological polar surface area (TPSA) is 84.5 Å². The lowest BCUT2D eigenvalue weighted by molar-refractivity contribution is -0.136. The molecule has 0 radical (unpaired) electrons. The van der Waals surface area contributed by atoms with E-state index in [2.05, 4.69) is 10.6 Å². The monoisotopic (exact) mass is 340 g/mol. The first-order valence-corrected chi connectivity index (χ1v) is 9.53. The van der Waals surface area contributed by atoms with Gasteiger partial charge in [-0.2, -0.15) is 0 Å². The molecular formula is C16H24N2O4S. The van der Waals surface area contributed by atoms with Crippen LogP contribution in [0.1, 0.15) is 18.4 Å². The van der Waals surface area contributed by atoms with Crippen molar-refractivity contribution < 1.29 is 17.9 Å². The second-order valence-electron chi connectivity index (χ2n) is 6.06. The average Bonchev–Trinajstić information content (AvgIpc) is 2.53. The van der Waals surface area contributed by atoms with Crippen molar-refractivity contribution in [3.63, 3.8) is 0 Å². The third kappa shape index (κ3) is 4.53. The van der Waals surface area contributed by atoms with Crippen molar-refractivity contribution in [3.05, 3.63) is 29.8 Å². The highest BCUT2D eigenvalue weighted by molar-refractivity contribution is 7.90. The maximum absolute atomic E-state index is 12.6. The maximum atomic E-state index is 12.6. The molecule has 1 aliphatic rings. The molecule has 0 spiro atoms. The third-order valence-electron chi connectivity index (χ3n) is 4.27. The molecule has 0 atom stereocenters. The van der Waals surface area contributed by atoms with E-state index in [9.17, 15) is 13.2 Å². The highest BCUT2D eigenvalue weighted by atomic mass is 32.2. The lowest BCUT2D eigenvalue weighted by Gasteiger charge is -2.35. The predicted octanol–water partition coefficient (Wildman–Crippen LogP) is 0.723. The van der Waals surface area contributed by atoms with Crippen LogP contribution in [0.2, 0.25) is 0 Å². The molecule has 2 N–H and O–H groups in total. The SMILES string of the molecule is COCC1(C(=O)NCc2ccc(S(C)(=O)=O)cc2)CCNCC1. The molecule has 1 aliphatic heterocycles. The number of carbonyl (C=O) groups excluding carboxylic acids is 1. The molecule has 2 rings (SSSR count). The number of hydrogen-bond acceptors (Lipinski definition) is 5. The number of hydrogen-bond donors (Lipinski definition) is 2. The van der Waals surface area contributed by atoms with Gasteiger partial charge < -0.3 is 15.4 Å². The summed E-state index contributed by atoms with van der Waals surface area (Å²) in [6.45, 7) is 2.40. The number of nitrogens with one attached hydrogen (secondary N) is 2. The summed E-state index contributed by atoms with van der Waals surface area (Å²) in [5.41, 5.74) is 0.388. The Morgan fingerprint density at radius 1 is 1.26 bits per heavy atom. The van der Waals surface area contributed by atoms with Crippen LogP contribution in [0.3, 0.4) is 0 Å². The third-order valence-corrected chi connectivity index (χ3v) is 5.40. The van der Waals surface area contributed by atoms with Gasteiger partial charge in [-0.1, -0.05) is 12.1 Å². The van der Waals surface area contributed by atoms with Crippen LogP contribution >= 0.6 is 0 Å². The Bertz CT molecular complexity index is 629. The largest absolute Gasteiger partial charge is 0.384 e. The van der Waals surface area contributed by atoms with Crippen LogP contribution in [0, 0.1) is 5.41 Å². The molecule has 1 amide bonds. The van der Waals surface area contributed by atoms with Crippen LogP contribution in [0.15, 0.2) is 29.2 Å². The Hall–Kier alpha value is -1.44. The quantitative estimate of drug-likeness (QED) is 0.797. The molecule has 6 nitrogen and oxygen atoms in total. The van der Waals surface area contributed by atoms with E-state index < -0.39 is 15.3 Å². The summed E-state index contributed by atoms with van der Waals surface area (Å²) in [5, 5.41) is 6.21. The first-order valence-electron chi connectivity index (χ1n) is 7.64. The summed E-state index contributed by atoms with van der Waals surface area (Å²) < 4.78 is 28.1. The van der Waals surface area contributed by atoms with Gasteiger partial charge in [0.2, 0.25) is 5.91 Å². The first-order chi connectivity index (χ1) is 10.9. The summed E-state index contributed by atoms with van der Waals surface area (Å²) in [7, 11) is -1.58. The summed E-state index contributed by atoms with van der Waals surface area (Å²) in [5.74, 6) is -0.00644. The number of ether oxygens (including phenoxy) is 1. The lowest BCUT2D eigenvalue weighted by atomic mass is 9.78. The van der Waals surface area contributed by atoms with E-state index in [0.717, 1.165) is 31.5 Å². The number of benzene rings is 1. The number of sulfone groups is 1. The molecular weight excluding hydrogens is 316 g/mol. The Labute approximate surface area is 137 Å². The van der Waals surface area contributed by atoms with Gasteiger partial charge in [0.05, 0.1) is 16.9 Å². The molecule has 0 unspecified atom stereocenters. The van der Waals surface area contributed by atoms with Crippen molar-refractivity contribution in [1.82, 2.24) is 10.6 Å². The maximum Gasteiger partial charge on any atom is 0.228 e. The highest BCUT2D eigenvalue weighted by Gasteiger charge is 2.39. The molecule has 0 bridgehead atoms. The van der Waals surface area contributed by atoms with Gasteiger partial charge in [0.15, 0.2) is 9.84 Å². The number of rotatable bonds is 6. The molecule has 1 aromatic rings. The minimum Gasteiger partial charge on any atom is -0.384 e. The predicted molar refractivity (Wildman–Crippen MR) is 87.8 cm³/mol. The van der Waals surface area contributed by atoms with Gasteiger partial charge in [0.1, 0.15) is 0 Å². The Kier molecular flexibility index (Phi) is 5.78. The average molecular weight is 340 g/mol. The van der Waals surface area contributed by atoms with Gasteiger partial charge in [0.25, 0.3) is 0 Å². The zero-order chi connectivity index (χ0) is 16.9. The van der Waals surface area contributed by atoms with E-state index in [1.54, 1.807) is 31.4 Å². The van der Waals surface area contributed by atoms with Crippen molar-refractivity contribution in [2.75, 3.05) is 33.1 Å². The van der Waals surface area contributed by atoms with E-state index in [1.165, 1.54) is 6.26 Å². The fourth-order valence-corrected chi connectivity index (χ4v) is 3.47. The van der Waals surface area contributed by atoms with E-state index in [4.69, 9.17) is 4.74 Å². The molecule has 1 saturated heterocycles. The van der Waals surface area contributed by atoms with Crippen molar-refractivity contribution in [3.8, 4) is 0 Å². The zero-order valence-corrected chi connectivity index (χ0v) is 14.4. The standard InChI is InChI=1S/C16H24N2O4S/c1-22-12-16(7-9-17-10-8-16)15(19)18-11-13-3-5-14(6-4-13)23(2,20)21/h3-6,17H,7-12H2,1-2H3,(H,18,19). The summed E-state index contributed by atoms with van der Waals surface area (Å²) in [6, 6.07) is 6.57. The number of methoxy groups -OCH3 is 1. The Balaban J connectivity index is 2.00. The summed E-state index contributed by atoms with van der Waals surface area (Å²) in [6.07, 6.45) is 2.68. The van der Waals surface area contributed by atoms with Gasteiger partial charge in [-0.3, -0.25) is 4.79 Å². The van der Waals surface area contributed by atoms with Crippen LogP contribution < -0.4 is 10.6 Å². The van der Waals surface area contributed by atoms with Crippen LogP contribution in [-0.2, 0) is 25.9 Å². The number of piperidine rings is 1. The molecule has 1 heterocycles. The molecule has 0 saturated carbocycles. The molecule has 0 aliphatic carbocycles. The molecule has 1 fully saturated rings. The van der Waals surface area contributed by atoms with Crippen LogP contribution in [0.5, 0.6) is 0 Å². The van der Waals surface area contributed by atoms with Gasteiger partial charge in [-0.05, 0) is 43.6 Å². The second kappa shape index (κ2) is 7.42. The van der Waals surface area contributed by atoms with Gasteiger partial charge in [-0.15, -0.1) is 0 Å². The Morgan fingerprint density at radius 3 is 2.39 bits per heavy atom. The molecule has 7 heteroatoms. The lowest BCUT2D eigenvalue weighted by Crippen LogP contribution is -2.49. The summed E-state index contributed by atoms with van der Waals surface area (Å²) in [4.78, 5) is 12.9. The van der Waals surface area contributed by atoms with Crippen molar-refractivity contribution in [2.45, 2.75) is 24.3 Å². The van der Waals surface area contributed by atoms with E-state index in [-0.39, 0.29) is 10.8 Å². The Morgan fingerprint density at radius 2 is 1.87 bits per heavy atom. The van der Waals surface area contributed by atoms with Gasteiger partial charge in [-0.25, -0.2) is 8.42 Å². The molecule has 23 heavy (non-hydrogen) atoms. The van der Waals surface area contributed by atoms with E-state index in [1.807, 2.05) is 0 Å². The van der Waals surface area contributed by atoms with Crippen LogP contribution in [0.4, 0.5) is 0 Å². The first kappa shape index (κ1) is 17.9. The minimum atomic E-state index is -3.20. The fourth-order valence-electron chi connectivity index (χ4n) is 2.84. The minimum absolute atomic E-state index is 0.00644. The van der Waals surface area contributed by atoms with Crippen LogP contribution in [0.25, 0.3) is 0 Å². The zero-order valence-electron chi connectivity index (χ0n) is 13.6. The molecule has 128 valence electrons. The molecule has 0 aromatic heterocycles. The van der Waals surface area contributed by atoms with Gasteiger partial charge >= 0.3 is 0 Å². The highest BCUT2D eigenvalue weighted by Crippen LogP contribution is 2.29. The van der Waals surface area contributed by atoms with E-state index in [0.29, 0.717) is 13.2 Å². The number of amides is 1. The smallest absolute Gasteiger partial charge is 0.228 e.